The molecule has 1 aliphatic rings. The number of para-hydroxylation sites is 1. The Bertz CT molecular complexity index is 838. The number of likely N-dealkylation sites (N-methyl/N-ethyl adjacent to an activating group) is 1. The van der Waals surface area contributed by atoms with Gasteiger partial charge in [0, 0.05) is 38.8 Å². The maximum Gasteiger partial charge on any atom is 0.227 e. The summed E-state index contributed by atoms with van der Waals surface area (Å²) in [5, 5.41) is 2.97. The second-order valence-electron chi connectivity index (χ2n) is 7.13. The van der Waals surface area contributed by atoms with Crippen molar-refractivity contribution < 1.29 is 14.3 Å². The molecule has 6 heteroatoms. The Morgan fingerprint density at radius 1 is 1.25 bits per heavy atom. The maximum atomic E-state index is 12.6. The fraction of sp³-hybridized carbons (Fsp3) is 0.364. The third-order valence-electron chi connectivity index (χ3n) is 5.06. The van der Waals surface area contributed by atoms with E-state index < -0.39 is 0 Å². The Morgan fingerprint density at radius 2 is 2.00 bits per heavy atom. The van der Waals surface area contributed by atoms with Crippen LogP contribution in [0.3, 0.4) is 0 Å². The minimum atomic E-state index is -0.347. The lowest BCUT2D eigenvalue weighted by atomic mass is 10.1. The van der Waals surface area contributed by atoms with Crippen LogP contribution in [0.15, 0.2) is 48.5 Å². The van der Waals surface area contributed by atoms with Crippen LogP contribution in [0.4, 0.5) is 11.4 Å². The van der Waals surface area contributed by atoms with Crippen molar-refractivity contribution in [2.75, 3.05) is 43.6 Å². The van der Waals surface area contributed by atoms with Gasteiger partial charge in [0.25, 0.3) is 0 Å². The number of anilines is 2. The highest BCUT2D eigenvalue weighted by molar-refractivity contribution is 6.01. The Labute approximate surface area is 166 Å². The molecule has 28 heavy (non-hydrogen) atoms. The van der Waals surface area contributed by atoms with E-state index >= 15 is 0 Å². The van der Waals surface area contributed by atoms with Crippen LogP contribution in [0.25, 0.3) is 0 Å². The fourth-order valence-corrected chi connectivity index (χ4v) is 3.43. The average Bonchev–Trinajstić information content (AvgIpc) is 3.10. The van der Waals surface area contributed by atoms with Gasteiger partial charge in [-0.15, -0.1) is 0 Å². The molecule has 1 saturated heterocycles. The van der Waals surface area contributed by atoms with E-state index in [9.17, 15) is 9.59 Å². The summed E-state index contributed by atoms with van der Waals surface area (Å²) in [5.41, 5.74) is 2.87. The van der Waals surface area contributed by atoms with Gasteiger partial charge < -0.3 is 19.9 Å². The number of aryl methyl sites for hydroxylation is 1. The van der Waals surface area contributed by atoms with Gasteiger partial charge in [-0.1, -0.05) is 24.3 Å². The van der Waals surface area contributed by atoms with Crippen LogP contribution in [-0.2, 0) is 9.59 Å². The molecular formula is C22H27N3O3. The predicted octanol–water partition coefficient (Wildman–Crippen LogP) is 2.61. The van der Waals surface area contributed by atoms with Crippen molar-refractivity contribution in [2.24, 2.45) is 5.92 Å². The first-order chi connectivity index (χ1) is 13.5. The molecule has 1 N–H and O–H groups in total. The number of hydrogen-bond donors (Lipinski definition) is 1. The molecule has 0 aliphatic carbocycles. The zero-order chi connectivity index (χ0) is 20.1. The summed E-state index contributed by atoms with van der Waals surface area (Å²) >= 11 is 0. The van der Waals surface area contributed by atoms with Gasteiger partial charge in [0.15, 0.2) is 0 Å². The molecule has 6 nitrogen and oxygen atoms in total. The normalized spacial score (nSPS) is 16.2. The molecule has 0 spiro atoms. The van der Waals surface area contributed by atoms with Crippen LogP contribution >= 0.6 is 0 Å². The Balaban J connectivity index is 1.56. The summed E-state index contributed by atoms with van der Waals surface area (Å²) in [4.78, 5) is 28.8. The number of methoxy groups -OCH3 is 1. The molecule has 0 saturated carbocycles. The first-order valence-corrected chi connectivity index (χ1v) is 9.48. The summed E-state index contributed by atoms with van der Waals surface area (Å²) < 4.78 is 5.39. The zero-order valence-corrected chi connectivity index (χ0v) is 16.6. The van der Waals surface area contributed by atoms with E-state index in [0.717, 1.165) is 16.9 Å². The highest BCUT2D eigenvalue weighted by atomic mass is 16.5. The van der Waals surface area contributed by atoms with E-state index in [4.69, 9.17) is 4.74 Å². The largest absolute Gasteiger partial charge is 0.495 e. The molecule has 3 rings (SSSR count). The van der Waals surface area contributed by atoms with Gasteiger partial charge in [-0.25, -0.2) is 0 Å². The molecule has 2 amide bonds. The lowest BCUT2D eigenvalue weighted by molar-refractivity contribution is -0.126. The number of amides is 2. The van der Waals surface area contributed by atoms with Crippen LogP contribution in [0.2, 0.25) is 0 Å². The van der Waals surface area contributed by atoms with Gasteiger partial charge in [-0.3, -0.25) is 9.59 Å². The number of benzene rings is 2. The molecule has 148 valence electrons. The Morgan fingerprint density at radius 3 is 2.71 bits per heavy atom. The van der Waals surface area contributed by atoms with Gasteiger partial charge in [0.05, 0.1) is 18.7 Å². The predicted molar refractivity (Wildman–Crippen MR) is 111 cm³/mol. The van der Waals surface area contributed by atoms with Crippen LogP contribution in [0.5, 0.6) is 5.75 Å². The number of hydrogen-bond acceptors (Lipinski definition) is 4. The molecular weight excluding hydrogens is 354 g/mol. The average molecular weight is 381 g/mol. The highest BCUT2D eigenvalue weighted by Crippen LogP contribution is 2.33. The van der Waals surface area contributed by atoms with E-state index in [1.807, 2.05) is 62.5 Å². The van der Waals surface area contributed by atoms with E-state index in [2.05, 4.69) is 10.2 Å². The van der Waals surface area contributed by atoms with Crippen molar-refractivity contribution in [1.82, 2.24) is 5.32 Å². The van der Waals surface area contributed by atoms with Crippen molar-refractivity contribution in [1.29, 1.82) is 0 Å². The Kier molecular flexibility index (Phi) is 6.19. The van der Waals surface area contributed by atoms with Crippen molar-refractivity contribution in [3.05, 3.63) is 54.1 Å². The van der Waals surface area contributed by atoms with Crippen molar-refractivity contribution >= 4 is 23.2 Å². The van der Waals surface area contributed by atoms with E-state index in [1.54, 1.807) is 12.0 Å². The molecule has 0 aromatic heterocycles. The number of nitrogens with zero attached hydrogens (tertiary/aromatic N) is 2. The van der Waals surface area contributed by atoms with Crippen molar-refractivity contribution in [3.8, 4) is 5.75 Å². The van der Waals surface area contributed by atoms with Crippen LogP contribution in [0.1, 0.15) is 12.0 Å². The third-order valence-corrected chi connectivity index (χ3v) is 5.06. The minimum Gasteiger partial charge on any atom is -0.495 e. The Hall–Kier alpha value is -3.02. The maximum absolute atomic E-state index is 12.6. The second-order valence-corrected chi connectivity index (χ2v) is 7.13. The summed E-state index contributed by atoms with van der Waals surface area (Å²) in [6, 6.07) is 15.7. The quantitative estimate of drug-likeness (QED) is 0.801. The second kappa shape index (κ2) is 8.78. The van der Waals surface area contributed by atoms with Gasteiger partial charge in [0.1, 0.15) is 5.75 Å². The summed E-state index contributed by atoms with van der Waals surface area (Å²) in [6.07, 6.45) is 0.220. The summed E-state index contributed by atoms with van der Waals surface area (Å²) in [6.45, 7) is 3.57. The lowest BCUT2D eigenvalue weighted by Crippen LogP contribution is -2.37. The van der Waals surface area contributed by atoms with Crippen LogP contribution in [-0.4, -0.2) is 45.6 Å². The van der Waals surface area contributed by atoms with Gasteiger partial charge in [0.2, 0.25) is 11.8 Å². The fourth-order valence-electron chi connectivity index (χ4n) is 3.43. The molecule has 1 atom stereocenters. The minimum absolute atomic E-state index is 0.0505. The lowest BCUT2D eigenvalue weighted by Gasteiger charge is -2.21. The number of ether oxygens (including phenoxy) is 1. The summed E-state index contributed by atoms with van der Waals surface area (Å²) in [5.74, 6) is 0.165. The molecule has 1 fully saturated rings. The molecule has 2 aromatic carbocycles. The SMILES string of the molecule is COc1ccc(C)cc1N1CC(C(=O)NCCN(C)c2ccccc2)CC1=O. The van der Waals surface area contributed by atoms with Crippen LogP contribution < -0.4 is 19.9 Å². The molecule has 0 radical (unpaired) electrons. The van der Waals surface area contributed by atoms with E-state index in [0.29, 0.717) is 25.4 Å². The number of carbonyl (C=O) groups is 2. The zero-order valence-electron chi connectivity index (χ0n) is 16.6. The van der Waals surface area contributed by atoms with Gasteiger partial charge in [-0.05, 0) is 36.8 Å². The standard InChI is InChI=1S/C22H27N3O3/c1-16-9-10-20(28-3)19(13-16)25-15-17(14-21(25)26)22(27)23-11-12-24(2)18-7-5-4-6-8-18/h4-10,13,17H,11-12,14-15H2,1-3H3,(H,23,27). The molecule has 0 bridgehead atoms. The highest BCUT2D eigenvalue weighted by Gasteiger charge is 2.36. The first kappa shape index (κ1) is 19.7. The van der Waals surface area contributed by atoms with Gasteiger partial charge in [-0.2, -0.15) is 0 Å². The number of rotatable bonds is 7. The molecule has 1 unspecified atom stereocenters. The van der Waals surface area contributed by atoms with Crippen molar-refractivity contribution in [3.63, 3.8) is 0 Å². The number of nitrogens with one attached hydrogen (secondary N) is 1. The topological polar surface area (TPSA) is 61.9 Å². The van der Waals surface area contributed by atoms with E-state index in [1.165, 1.54) is 0 Å². The summed E-state index contributed by atoms with van der Waals surface area (Å²) in [7, 11) is 3.58. The molecule has 1 aliphatic heterocycles. The molecule has 2 aromatic rings. The van der Waals surface area contributed by atoms with Crippen LogP contribution in [0, 0.1) is 12.8 Å². The first-order valence-electron chi connectivity index (χ1n) is 9.48. The smallest absolute Gasteiger partial charge is 0.227 e. The number of carbonyl (C=O) groups excluding carboxylic acids is 2. The third kappa shape index (κ3) is 4.44. The monoisotopic (exact) mass is 381 g/mol. The van der Waals surface area contributed by atoms with Crippen molar-refractivity contribution in [2.45, 2.75) is 13.3 Å². The van der Waals surface area contributed by atoms with E-state index in [-0.39, 0.29) is 24.2 Å². The molecule has 1 heterocycles. The van der Waals surface area contributed by atoms with Gasteiger partial charge >= 0.3 is 0 Å².